The fourth-order valence-electron chi connectivity index (χ4n) is 1.16. The summed E-state index contributed by atoms with van der Waals surface area (Å²) in [6.45, 7) is 1.72. The van der Waals surface area contributed by atoms with Crippen LogP contribution in [0.1, 0.15) is 12.5 Å². The summed E-state index contributed by atoms with van der Waals surface area (Å²) in [7, 11) is -3.72. The minimum Gasteiger partial charge on any atom is -0.368 e. The molecule has 1 rings (SSSR count). The molecule has 0 fully saturated rings. The van der Waals surface area contributed by atoms with Crippen molar-refractivity contribution in [2.45, 2.75) is 24.4 Å². The van der Waals surface area contributed by atoms with Gasteiger partial charge in [0.05, 0.1) is 10.9 Å². The van der Waals surface area contributed by atoms with Crippen molar-refractivity contribution in [3.05, 3.63) is 29.8 Å². The predicted molar refractivity (Wildman–Crippen MR) is 63.3 cm³/mol. The lowest BCUT2D eigenvalue weighted by Gasteiger charge is -2.11. The third kappa shape index (κ3) is 3.52. The van der Waals surface area contributed by atoms with Crippen LogP contribution in [0.5, 0.6) is 0 Å². The fraction of sp³-hybridized carbons (Fsp3) is 0.300. The van der Waals surface area contributed by atoms with Crippen LogP contribution in [-0.4, -0.2) is 20.4 Å². The molecular formula is C10H15N3O3S. The Balaban J connectivity index is 2.93. The Kier molecular flexibility index (Phi) is 4.22. The Hall–Kier alpha value is -1.44. The molecule has 6 nitrogen and oxygen atoms in total. The molecule has 0 aliphatic rings. The van der Waals surface area contributed by atoms with Crippen molar-refractivity contribution in [3.63, 3.8) is 0 Å². The van der Waals surface area contributed by atoms with Gasteiger partial charge in [0.25, 0.3) is 0 Å². The summed E-state index contributed by atoms with van der Waals surface area (Å²) in [4.78, 5) is 10.9. The molecule has 17 heavy (non-hydrogen) atoms. The maximum absolute atomic E-state index is 11.8. The molecule has 0 saturated heterocycles. The lowest BCUT2D eigenvalue weighted by molar-refractivity contribution is -0.119. The fourth-order valence-corrected chi connectivity index (χ4v) is 2.38. The van der Waals surface area contributed by atoms with Crippen LogP contribution in [0.2, 0.25) is 0 Å². The molecule has 0 aromatic heterocycles. The van der Waals surface area contributed by atoms with Gasteiger partial charge < -0.3 is 11.5 Å². The lowest BCUT2D eigenvalue weighted by atomic mass is 10.2. The van der Waals surface area contributed by atoms with Crippen LogP contribution < -0.4 is 16.2 Å². The van der Waals surface area contributed by atoms with E-state index in [2.05, 4.69) is 4.72 Å². The quantitative estimate of drug-likeness (QED) is 0.646. The minimum atomic E-state index is -3.72. The first-order valence-corrected chi connectivity index (χ1v) is 6.46. The summed E-state index contributed by atoms with van der Waals surface area (Å²) in [6.07, 6.45) is 0. The average Bonchev–Trinajstić information content (AvgIpc) is 2.28. The van der Waals surface area contributed by atoms with Crippen LogP contribution in [0.15, 0.2) is 29.2 Å². The molecule has 0 saturated carbocycles. The van der Waals surface area contributed by atoms with Gasteiger partial charge in [0.1, 0.15) is 0 Å². The summed E-state index contributed by atoms with van der Waals surface area (Å²) >= 11 is 0. The van der Waals surface area contributed by atoms with E-state index in [-0.39, 0.29) is 4.90 Å². The van der Waals surface area contributed by atoms with Crippen LogP contribution >= 0.6 is 0 Å². The third-order valence-electron chi connectivity index (χ3n) is 2.23. The Morgan fingerprint density at radius 2 is 1.88 bits per heavy atom. The van der Waals surface area contributed by atoms with Crippen molar-refractivity contribution in [2.24, 2.45) is 11.5 Å². The number of nitrogens with two attached hydrogens (primary N) is 2. The Bertz CT molecular complexity index is 496. The van der Waals surface area contributed by atoms with Gasteiger partial charge in [0.2, 0.25) is 15.9 Å². The average molecular weight is 257 g/mol. The van der Waals surface area contributed by atoms with Crippen LogP contribution in [-0.2, 0) is 21.4 Å². The Morgan fingerprint density at radius 1 is 1.35 bits per heavy atom. The van der Waals surface area contributed by atoms with E-state index < -0.39 is 22.0 Å². The molecule has 5 N–H and O–H groups in total. The first kappa shape index (κ1) is 13.6. The molecule has 0 aliphatic carbocycles. The highest BCUT2D eigenvalue weighted by Gasteiger charge is 2.19. The maximum atomic E-state index is 11.8. The van der Waals surface area contributed by atoms with E-state index in [4.69, 9.17) is 11.5 Å². The van der Waals surface area contributed by atoms with Gasteiger partial charge in [-0.15, -0.1) is 0 Å². The molecule has 1 amide bonds. The van der Waals surface area contributed by atoms with Gasteiger partial charge in [-0.25, -0.2) is 8.42 Å². The van der Waals surface area contributed by atoms with Crippen molar-refractivity contribution in [2.75, 3.05) is 0 Å². The first-order valence-electron chi connectivity index (χ1n) is 4.97. The van der Waals surface area contributed by atoms with E-state index in [1.807, 2.05) is 0 Å². The van der Waals surface area contributed by atoms with Gasteiger partial charge in [-0.3, -0.25) is 4.79 Å². The highest BCUT2D eigenvalue weighted by Crippen LogP contribution is 2.10. The molecule has 1 aromatic rings. The molecule has 0 spiro atoms. The molecule has 0 heterocycles. The summed E-state index contributed by atoms with van der Waals surface area (Å²) in [6, 6.07) is 5.14. The first-order chi connectivity index (χ1) is 7.86. The van der Waals surface area contributed by atoms with E-state index in [0.717, 1.165) is 5.56 Å². The third-order valence-corrected chi connectivity index (χ3v) is 3.78. The van der Waals surface area contributed by atoms with Gasteiger partial charge >= 0.3 is 0 Å². The SMILES string of the molecule is CC(NS(=O)(=O)c1ccc(CN)cc1)C(N)=O. The number of carbonyl (C=O) groups is 1. The van der Waals surface area contributed by atoms with Crippen molar-refractivity contribution < 1.29 is 13.2 Å². The van der Waals surface area contributed by atoms with Crippen molar-refractivity contribution in [1.82, 2.24) is 4.72 Å². The molecule has 1 aromatic carbocycles. The second-order valence-corrected chi connectivity index (χ2v) is 5.31. The monoisotopic (exact) mass is 257 g/mol. The van der Waals surface area contributed by atoms with Gasteiger partial charge in [0.15, 0.2) is 0 Å². The lowest BCUT2D eigenvalue weighted by Crippen LogP contribution is -2.42. The molecule has 0 radical (unpaired) electrons. The number of nitrogens with one attached hydrogen (secondary N) is 1. The Morgan fingerprint density at radius 3 is 2.29 bits per heavy atom. The largest absolute Gasteiger partial charge is 0.368 e. The van der Waals surface area contributed by atoms with Crippen LogP contribution in [0.4, 0.5) is 0 Å². The standard InChI is InChI=1S/C10H15N3O3S/c1-7(10(12)14)13-17(15,16)9-4-2-8(6-11)3-5-9/h2-5,7,13H,6,11H2,1H3,(H2,12,14). The summed E-state index contributed by atoms with van der Waals surface area (Å²) in [5.74, 6) is -0.729. The summed E-state index contributed by atoms with van der Waals surface area (Å²) in [5.41, 5.74) is 11.2. The summed E-state index contributed by atoms with van der Waals surface area (Å²) < 4.78 is 25.8. The zero-order valence-corrected chi connectivity index (χ0v) is 10.2. The topological polar surface area (TPSA) is 115 Å². The molecule has 94 valence electrons. The van der Waals surface area contributed by atoms with Gasteiger partial charge in [-0.2, -0.15) is 4.72 Å². The molecule has 1 atom stereocenters. The number of primary amides is 1. The van der Waals surface area contributed by atoms with E-state index >= 15 is 0 Å². The maximum Gasteiger partial charge on any atom is 0.241 e. The normalized spacial score (nSPS) is 13.3. The van der Waals surface area contributed by atoms with Gasteiger partial charge in [0, 0.05) is 6.54 Å². The Labute approximate surface area is 100 Å². The number of sulfonamides is 1. The minimum absolute atomic E-state index is 0.0720. The zero-order chi connectivity index (χ0) is 13.1. The van der Waals surface area contributed by atoms with Crippen LogP contribution in [0, 0.1) is 0 Å². The molecule has 0 bridgehead atoms. The molecule has 1 unspecified atom stereocenters. The van der Waals surface area contributed by atoms with E-state index in [1.54, 1.807) is 12.1 Å². The van der Waals surface area contributed by atoms with Crippen LogP contribution in [0.25, 0.3) is 0 Å². The van der Waals surface area contributed by atoms with Crippen molar-refractivity contribution in [1.29, 1.82) is 0 Å². The van der Waals surface area contributed by atoms with Crippen molar-refractivity contribution in [3.8, 4) is 0 Å². The number of amides is 1. The van der Waals surface area contributed by atoms with E-state index in [9.17, 15) is 13.2 Å². The van der Waals surface area contributed by atoms with Crippen molar-refractivity contribution >= 4 is 15.9 Å². The van der Waals surface area contributed by atoms with E-state index in [0.29, 0.717) is 6.54 Å². The van der Waals surface area contributed by atoms with Gasteiger partial charge in [-0.1, -0.05) is 12.1 Å². The highest BCUT2D eigenvalue weighted by atomic mass is 32.2. The van der Waals surface area contributed by atoms with E-state index in [1.165, 1.54) is 19.1 Å². The second-order valence-electron chi connectivity index (χ2n) is 3.59. The summed E-state index contributed by atoms with van der Waals surface area (Å²) in [5, 5.41) is 0. The number of rotatable bonds is 5. The molecular weight excluding hydrogens is 242 g/mol. The molecule has 0 aliphatic heterocycles. The van der Waals surface area contributed by atoms with Gasteiger partial charge in [-0.05, 0) is 24.6 Å². The smallest absolute Gasteiger partial charge is 0.241 e. The number of carbonyl (C=O) groups excluding carboxylic acids is 1. The highest BCUT2D eigenvalue weighted by molar-refractivity contribution is 7.89. The number of hydrogen-bond donors (Lipinski definition) is 3. The number of benzene rings is 1. The van der Waals surface area contributed by atoms with Crippen LogP contribution in [0.3, 0.4) is 0 Å². The molecule has 7 heteroatoms. The second kappa shape index (κ2) is 5.26. The predicted octanol–water partition coefficient (Wildman–Crippen LogP) is -0.703. The zero-order valence-electron chi connectivity index (χ0n) is 9.38. The number of hydrogen-bond acceptors (Lipinski definition) is 4.